The van der Waals surface area contributed by atoms with Crippen molar-refractivity contribution in [2.75, 3.05) is 17.6 Å². The fourth-order valence-corrected chi connectivity index (χ4v) is 3.07. The third-order valence-electron chi connectivity index (χ3n) is 2.48. The second-order valence-electron chi connectivity index (χ2n) is 3.63. The molecular formula is C9H11ClN4O2S. The molecule has 0 bridgehead atoms. The van der Waals surface area contributed by atoms with Crippen LogP contribution in [0.15, 0.2) is 6.33 Å². The first kappa shape index (κ1) is 12.4. The molecule has 6 nitrogen and oxygen atoms in total. The maximum absolute atomic E-state index is 10.8. The number of nitrogens with one attached hydrogen (secondary N) is 1. The molecule has 1 unspecified atom stereocenters. The Labute approximate surface area is 107 Å². The molecule has 1 aromatic rings. The first-order valence-corrected chi connectivity index (χ1v) is 6.61. The number of hydrogen-bond donors (Lipinski definition) is 1. The summed E-state index contributed by atoms with van der Waals surface area (Å²) in [4.78, 5) is 17.7. The lowest BCUT2D eigenvalue weighted by Crippen LogP contribution is -2.15. The van der Waals surface area contributed by atoms with Gasteiger partial charge in [0.1, 0.15) is 6.33 Å². The van der Waals surface area contributed by atoms with Gasteiger partial charge in [0.05, 0.1) is 4.92 Å². The van der Waals surface area contributed by atoms with Gasteiger partial charge in [-0.25, -0.2) is 9.97 Å². The molecule has 1 aliphatic heterocycles. The Morgan fingerprint density at radius 2 is 2.47 bits per heavy atom. The van der Waals surface area contributed by atoms with E-state index in [1.54, 1.807) is 0 Å². The molecule has 2 rings (SSSR count). The van der Waals surface area contributed by atoms with Gasteiger partial charge in [-0.15, -0.1) is 0 Å². The molecule has 0 aliphatic carbocycles. The summed E-state index contributed by atoms with van der Waals surface area (Å²) >= 11 is 7.55. The molecule has 2 heterocycles. The van der Waals surface area contributed by atoms with Crippen molar-refractivity contribution in [1.29, 1.82) is 0 Å². The molecule has 1 atom stereocenters. The van der Waals surface area contributed by atoms with E-state index in [0.29, 0.717) is 11.8 Å². The average Bonchev–Trinajstić information content (AvgIpc) is 2.78. The van der Waals surface area contributed by atoms with E-state index in [4.69, 9.17) is 11.6 Å². The SMILES string of the molecule is O=[N+]([O-])c1c(Cl)ncnc1NCC1CCCS1. The standard InChI is InChI=1S/C9H11ClN4O2S/c10-8-7(14(15)16)9(13-5-12-8)11-4-6-2-1-3-17-6/h5-6H,1-4H2,(H,11,12,13). The quantitative estimate of drug-likeness (QED) is 0.516. The van der Waals surface area contributed by atoms with Gasteiger partial charge in [-0.1, -0.05) is 11.6 Å². The molecule has 8 heteroatoms. The van der Waals surface area contributed by atoms with Crippen LogP contribution in [-0.4, -0.2) is 32.4 Å². The zero-order valence-corrected chi connectivity index (χ0v) is 10.5. The Morgan fingerprint density at radius 1 is 1.65 bits per heavy atom. The molecule has 0 radical (unpaired) electrons. The van der Waals surface area contributed by atoms with E-state index < -0.39 is 4.92 Å². The Balaban J connectivity index is 2.09. The number of anilines is 1. The van der Waals surface area contributed by atoms with E-state index in [1.807, 2.05) is 11.8 Å². The lowest BCUT2D eigenvalue weighted by Gasteiger charge is -2.10. The Bertz CT molecular complexity index is 425. The van der Waals surface area contributed by atoms with Crippen molar-refractivity contribution >= 4 is 34.9 Å². The van der Waals surface area contributed by atoms with Crippen LogP contribution in [0.2, 0.25) is 5.15 Å². The highest BCUT2D eigenvalue weighted by molar-refractivity contribution is 8.00. The van der Waals surface area contributed by atoms with Crippen LogP contribution in [-0.2, 0) is 0 Å². The Morgan fingerprint density at radius 3 is 3.12 bits per heavy atom. The summed E-state index contributed by atoms with van der Waals surface area (Å²) in [6.45, 7) is 0.666. The molecule has 0 aromatic carbocycles. The van der Waals surface area contributed by atoms with Crippen LogP contribution in [0.25, 0.3) is 0 Å². The molecule has 17 heavy (non-hydrogen) atoms. The molecule has 92 valence electrons. The summed E-state index contributed by atoms with van der Waals surface area (Å²) in [5, 5.41) is 14.2. The van der Waals surface area contributed by atoms with Gasteiger partial charge in [-0.2, -0.15) is 11.8 Å². The molecular weight excluding hydrogens is 264 g/mol. The zero-order valence-electron chi connectivity index (χ0n) is 8.93. The van der Waals surface area contributed by atoms with Crippen LogP contribution in [0, 0.1) is 10.1 Å². The van der Waals surface area contributed by atoms with Gasteiger partial charge < -0.3 is 5.32 Å². The highest BCUT2D eigenvalue weighted by Crippen LogP contribution is 2.30. The molecule has 1 N–H and O–H groups in total. The monoisotopic (exact) mass is 274 g/mol. The molecule has 0 spiro atoms. The van der Waals surface area contributed by atoms with Gasteiger partial charge >= 0.3 is 5.69 Å². The van der Waals surface area contributed by atoms with Crippen LogP contribution in [0.3, 0.4) is 0 Å². The highest BCUT2D eigenvalue weighted by atomic mass is 35.5. The van der Waals surface area contributed by atoms with Crippen LogP contribution in [0.1, 0.15) is 12.8 Å². The summed E-state index contributed by atoms with van der Waals surface area (Å²) in [5.74, 6) is 1.35. The molecule has 0 saturated carbocycles. The minimum absolute atomic E-state index is 0.133. The minimum atomic E-state index is -0.563. The molecule has 1 aromatic heterocycles. The van der Waals surface area contributed by atoms with E-state index in [1.165, 1.54) is 12.7 Å². The largest absolute Gasteiger partial charge is 0.363 e. The van der Waals surface area contributed by atoms with Crippen LogP contribution in [0.5, 0.6) is 0 Å². The van der Waals surface area contributed by atoms with Crippen molar-refractivity contribution in [3.8, 4) is 0 Å². The zero-order chi connectivity index (χ0) is 12.3. The lowest BCUT2D eigenvalue weighted by molar-refractivity contribution is -0.384. The van der Waals surface area contributed by atoms with Gasteiger partial charge in [0, 0.05) is 11.8 Å². The third-order valence-corrected chi connectivity index (χ3v) is 4.16. The summed E-state index contributed by atoms with van der Waals surface area (Å²) in [6.07, 6.45) is 3.55. The molecule has 1 fully saturated rings. The Hall–Kier alpha value is -1.08. The van der Waals surface area contributed by atoms with Crippen LogP contribution in [0.4, 0.5) is 11.5 Å². The summed E-state index contributed by atoms with van der Waals surface area (Å²) < 4.78 is 0. The number of nitro groups is 1. The number of aromatic nitrogens is 2. The fourth-order valence-electron chi connectivity index (χ4n) is 1.66. The van der Waals surface area contributed by atoms with Gasteiger partial charge in [-0.3, -0.25) is 10.1 Å². The maximum Gasteiger partial charge on any atom is 0.348 e. The predicted molar refractivity (Wildman–Crippen MR) is 67.7 cm³/mol. The predicted octanol–water partition coefficient (Wildman–Crippen LogP) is 2.35. The summed E-state index contributed by atoms with van der Waals surface area (Å²) in [7, 11) is 0. The lowest BCUT2D eigenvalue weighted by atomic mass is 10.2. The number of nitrogens with zero attached hydrogens (tertiary/aromatic N) is 3. The second-order valence-corrected chi connectivity index (χ2v) is 5.40. The van der Waals surface area contributed by atoms with Crippen LogP contribution >= 0.6 is 23.4 Å². The van der Waals surface area contributed by atoms with E-state index >= 15 is 0 Å². The smallest absolute Gasteiger partial charge is 0.348 e. The first-order valence-electron chi connectivity index (χ1n) is 5.19. The minimum Gasteiger partial charge on any atom is -0.363 e. The Kier molecular flexibility index (Phi) is 4.01. The number of halogens is 1. The number of hydrogen-bond acceptors (Lipinski definition) is 6. The van der Waals surface area contributed by atoms with E-state index in [-0.39, 0.29) is 16.7 Å². The fraction of sp³-hybridized carbons (Fsp3) is 0.556. The molecule has 1 aliphatic rings. The maximum atomic E-state index is 10.8. The number of rotatable bonds is 4. The van der Waals surface area contributed by atoms with E-state index in [2.05, 4.69) is 15.3 Å². The summed E-state index contributed by atoms with van der Waals surface area (Å²) in [5.41, 5.74) is -0.253. The molecule has 0 amide bonds. The van der Waals surface area contributed by atoms with Gasteiger partial charge in [-0.05, 0) is 18.6 Å². The third kappa shape index (κ3) is 2.98. The first-order chi connectivity index (χ1) is 8.18. The highest BCUT2D eigenvalue weighted by Gasteiger charge is 2.23. The average molecular weight is 275 g/mol. The normalized spacial score (nSPS) is 19.2. The van der Waals surface area contributed by atoms with Gasteiger partial charge in [0.15, 0.2) is 0 Å². The van der Waals surface area contributed by atoms with E-state index in [9.17, 15) is 10.1 Å². The van der Waals surface area contributed by atoms with Crippen molar-refractivity contribution in [3.05, 3.63) is 21.6 Å². The number of thioether (sulfide) groups is 1. The summed E-state index contributed by atoms with van der Waals surface area (Å²) in [6, 6.07) is 0. The van der Waals surface area contributed by atoms with Crippen LogP contribution < -0.4 is 5.32 Å². The van der Waals surface area contributed by atoms with Crippen molar-refractivity contribution in [3.63, 3.8) is 0 Å². The van der Waals surface area contributed by atoms with Gasteiger partial charge in [0.25, 0.3) is 0 Å². The second kappa shape index (κ2) is 5.50. The van der Waals surface area contributed by atoms with Crippen molar-refractivity contribution in [2.24, 2.45) is 0 Å². The van der Waals surface area contributed by atoms with Crippen molar-refractivity contribution < 1.29 is 4.92 Å². The van der Waals surface area contributed by atoms with Crippen molar-refractivity contribution in [2.45, 2.75) is 18.1 Å². The topological polar surface area (TPSA) is 81.0 Å². The van der Waals surface area contributed by atoms with E-state index in [0.717, 1.165) is 12.2 Å². The molecule has 1 saturated heterocycles. The van der Waals surface area contributed by atoms with Crippen molar-refractivity contribution in [1.82, 2.24) is 9.97 Å². The van der Waals surface area contributed by atoms with Gasteiger partial charge in [0.2, 0.25) is 11.0 Å².